The number of benzene rings is 7. The zero-order valence-corrected chi connectivity index (χ0v) is 25.6. The summed E-state index contributed by atoms with van der Waals surface area (Å²) in [5.74, 6) is 0.933. The molecule has 3 nitrogen and oxygen atoms in total. The third-order valence-electron chi connectivity index (χ3n) is 9.05. The average Bonchev–Trinajstić information content (AvgIpc) is 3.54. The summed E-state index contributed by atoms with van der Waals surface area (Å²) in [4.78, 5) is 9.65. The van der Waals surface area contributed by atoms with Gasteiger partial charge in [0.2, 0.25) is 0 Å². The smallest absolute Gasteiger partial charge is 0.145 e. The fourth-order valence-corrected chi connectivity index (χ4v) is 6.96. The molecule has 47 heavy (non-hydrogen) atoms. The van der Waals surface area contributed by atoms with Crippen LogP contribution in [-0.2, 0) is 0 Å². The van der Waals surface area contributed by atoms with Crippen LogP contribution in [-0.4, -0.2) is 14.5 Å². The van der Waals surface area contributed by atoms with Gasteiger partial charge < -0.3 is 0 Å². The second-order valence-electron chi connectivity index (χ2n) is 11.8. The second kappa shape index (κ2) is 11.2. The lowest BCUT2D eigenvalue weighted by atomic mass is 9.85. The number of hydrogen-bond donors (Lipinski definition) is 0. The van der Waals surface area contributed by atoms with Gasteiger partial charge in [0.15, 0.2) is 0 Å². The maximum Gasteiger partial charge on any atom is 0.145 e. The van der Waals surface area contributed by atoms with Crippen LogP contribution < -0.4 is 0 Å². The maximum atomic E-state index is 5.09. The van der Waals surface area contributed by atoms with Gasteiger partial charge in [-0.1, -0.05) is 133 Å². The van der Waals surface area contributed by atoms with E-state index in [1.807, 2.05) is 24.4 Å². The van der Waals surface area contributed by atoms with Crippen molar-refractivity contribution in [3.8, 4) is 50.6 Å². The highest BCUT2D eigenvalue weighted by molar-refractivity contribution is 6.21. The lowest BCUT2D eigenvalue weighted by Crippen LogP contribution is -1.98. The number of aromatic nitrogens is 3. The number of pyridine rings is 1. The summed E-state index contributed by atoms with van der Waals surface area (Å²) < 4.78 is 2.29. The van der Waals surface area contributed by atoms with Gasteiger partial charge in [0.05, 0.1) is 16.7 Å². The predicted octanol–water partition coefficient (Wildman–Crippen LogP) is 11.4. The SMILES string of the molecule is c1ccc(-c2nc3ccccc3n2-c2cccc(-c3c4ccccc4c(-c4ccc(-c5ccccn5)cc4)c4ccccc34)c2)cc1. The second-order valence-corrected chi connectivity index (χ2v) is 11.8. The highest BCUT2D eigenvalue weighted by Gasteiger charge is 2.19. The van der Waals surface area contributed by atoms with E-state index < -0.39 is 0 Å². The molecule has 0 amide bonds. The van der Waals surface area contributed by atoms with E-state index in [1.54, 1.807) is 0 Å². The Morgan fingerprint density at radius 3 is 1.66 bits per heavy atom. The van der Waals surface area contributed by atoms with E-state index in [9.17, 15) is 0 Å². The standard InChI is InChI=1S/C44H29N3/c1-2-13-32(14-3-1)44-46-40-22-8-9-23-41(40)47(44)34-16-12-15-33(29-34)43-37-19-6-4-17-35(37)42(36-18-5-7-20-38(36)43)31-26-24-30(25-27-31)39-21-10-11-28-45-39/h1-29H. The average molecular weight is 600 g/mol. The minimum absolute atomic E-state index is 0.933. The Morgan fingerprint density at radius 2 is 0.979 bits per heavy atom. The molecule has 0 fully saturated rings. The van der Waals surface area contributed by atoms with Crippen molar-refractivity contribution >= 4 is 32.6 Å². The van der Waals surface area contributed by atoms with Crippen molar-refractivity contribution in [2.75, 3.05) is 0 Å². The first kappa shape index (κ1) is 27.0. The third-order valence-corrected chi connectivity index (χ3v) is 9.05. The molecule has 0 radical (unpaired) electrons. The van der Waals surface area contributed by atoms with Crippen molar-refractivity contribution in [3.05, 3.63) is 176 Å². The highest BCUT2D eigenvalue weighted by Crippen LogP contribution is 2.44. The van der Waals surface area contributed by atoms with E-state index in [2.05, 4.69) is 161 Å². The summed E-state index contributed by atoms with van der Waals surface area (Å²) in [5, 5.41) is 4.92. The Kier molecular flexibility index (Phi) is 6.46. The van der Waals surface area contributed by atoms with E-state index in [0.29, 0.717) is 0 Å². The van der Waals surface area contributed by atoms with E-state index in [0.717, 1.165) is 39.4 Å². The van der Waals surface area contributed by atoms with Crippen LogP contribution in [0.3, 0.4) is 0 Å². The number of nitrogens with zero attached hydrogens (tertiary/aromatic N) is 3. The monoisotopic (exact) mass is 599 g/mol. The number of hydrogen-bond acceptors (Lipinski definition) is 2. The van der Waals surface area contributed by atoms with E-state index in [4.69, 9.17) is 4.98 Å². The summed E-state index contributed by atoms with van der Waals surface area (Å²) >= 11 is 0. The van der Waals surface area contributed by atoms with Gasteiger partial charge in [-0.15, -0.1) is 0 Å². The zero-order chi connectivity index (χ0) is 31.2. The summed E-state index contributed by atoms with van der Waals surface area (Å²) in [6.45, 7) is 0. The Labute approximate surface area is 273 Å². The molecule has 7 aromatic carbocycles. The molecule has 2 aromatic heterocycles. The van der Waals surface area contributed by atoms with Crippen LogP contribution in [0.2, 0.25) is 0 Å². The topological polar surface area (TPSA) is 30.7 Å². The van der Waals surface area contributed by atoms with Crippen LogP contribution in [0, 0.1) is 0 Å². The number of para-hydroxylation sites is 2. The summed E-state index contributed by atoms with van der Waals surface area (Å²) in [7, 11) is 0. The fraction of sp³-hybridized carbons (Fsp3) is 0. The quantitative estimate of drug-likeness (QED) is 0.184. The van der Waals surface area contributed by atoms with Gasteiger partial charge >= 0.3 is 0 Å². The number of rotatable bonds is 5. The van der Waals surface area contributed by atoms with Gasteiger partial charge in [0.25, 0.3) is 0 Å². The molecule has 0 aliphatic heterocycles. The molecule has 0 atom stereocenters. The van der Waals surface area contributed by atoms with Crippen molar-refractivity contribution in [2.24, 2.45) is 0 Å². The van der Waals surface area contributed by atoms with Gasteiger partial charge in [-0.05, 0) is 80.2 Å². The number of fused-ring (bicyclic) bond motifs is 3. The molecule has 220 valence electrons. The van der Waals surface area contributed by atoms with E-state index in [1.165, 1.54) is 43.8 Å². The van der Waals surface area contributed by atoms with Crippen molar-refractivity contribution < 1.29 is 0 Å². The Hall–Kier alpha value is -6.32. The molecule has 9 aromatic rings. The molecule has 0 spiro atoms. The molecule has 0 bridgehead atoms. The first-order valence-corrected chi connectivity index (χ1v) is 15.9. The maximum absolute atomic E-state index is 5.09. The molecule has 0 aliphatic rings. The third kappa shape index (κ3) is 4.60. The molecule has 0 aliphatic carbocycles. The van der Waals surface area contributed by atoms with Gasteiger partial charge in [-0.3, -0.25) is 9.55 Å². The highest BCUT2D eigenvalue weighted by atomic mass is 15.1. The van der Waals surface area contributed by atoms with Crippen molar-refractivity contribution in [2.45, 2.75) is 0 Å². The summed E-state index contributed by atoms with van der Waals surface area (Å²) in [6.07, 6.45) is 1.84. The fourth-order valence-electron chi connectivity index (χ4n) is 6.96. The zero-order valence-electron chi connectivity index (χ0n) is 25.6. The molecule has 0 saturated carbocycles. The van der Waals surface area contributed by atoms with Crippen molar-refractivity contribution in [3.63, 3.8) is 0 Å². The Balaban J connectivity index is 1.26. The molecule has 0 N–H and O–H groups in total. The molecule has 0 saturated heterocycles. The van der Waals surface area contributed by atoms with Crippen molar-refractivity contribution in [1.82, 2.24) is 14.5 Å². The van der Waals surface area contributed by atoms with Gasteiger partial charge in [0.1, 0.15) is 5.82 Å². The minimum atomic E-state index is 0.933. The lowest BCUT2D eigenvalue weighted by molar-refractivity contribution is 1.10. The van der Waals surface area contributed by atoms with Crippen LogP contribution in [0.15, 0.2) is 176 Å². The van der Waals surface area contributed by atoms with Crippen LogP contribution in [0.25, 0.3) is 83.2 Å². The Morgan fingerprint density at radius 1 is 0.404 bits per heavy atom. The Bertz CT molecular complexity index is 2490. The van der Waals surface area contributed by atoms with Gasteiger partial charge in [-0.2, -0.15) is 0 Å². The minimum Gasteiger partial charge on any atom is -0.292 e. The first-order chi connectivity index (χ1) is 23.3. The normalized spacial score (nSPS) is 11.4. The molecule has 2 heterocycles. The molecule has 0 unspecified atom stereocenters. The molecule has 3 heteroatoms. The first-order valence-electron chi connectivity index (χ1n) is 15.9. The number of imidazole rings is 1. The van der Waals surface area contributed by atoms with Gasteiger partial charge in [-0.25, -0.2) is 4.98 Å². The van der Waals surface area contributed by atoms with Crippen LogP contribution in [0.5, 0.6) is 0 Å². The largest absolute Gasteiger partial charge is 0.292 e. The van der Waals surface area contributed by atoms with Crippen LogP contribution in [0.4, 0.5) is 0 Å². The van der Waals surface area contributed by atoms with Crippen LogP contribution >= 0.6 is 0 Å². The van der Waals surface area contributed by atoms with Crippen LogP contribution in [0.1, 0.15) is 0 Å². The molecule has 9 rings (SSSR count). The summed E-state index contributed by atoms with van der Waals surface area (Å²) in [6, 6.07) is 60.2. The van der Waals surface area contributed by atoms with E-state index >= 15 is 0 Å². The lowest BCUT2D eigenvalue weighted by Gasteiger charge is -2.19. The molecular formula is C44H29N3. The predicted molar refractivity (Wildman–Crippen MR) is 196 cm³/mol. The van der Waals surface area contributed by atoms with Crippen molar-refractivity contribution in [1.29, 1.82) is 0 Å². The van der Waals surface area contributed by atoms with Gasteiger partial charge in [0, 0.05) is 23.0 Å². The van der Waals surface area contributed by atoms with E-state index in [-0.39, 0.29) is 0 Å². The molecular weight excluding hydrogens is 571 g/mol. The summed E-state index contributed by atoms with van der Waals surface area (Å²) in [5.41, 5.74) is 11.2.